The molecule has 0 aliphatic heterocycles. The second kappa shape index (κ2) is 6.56. The average molecular weight is 377 g/mol. The third-order valence-electron chi connectivity index (χ3n) is 5.42. The number of rotatable bonds is 2. The summed E-state index contributed by atoms with van der Waals surface area (Å²) in [5.74, 6) is 0.917. The van der Waals surface area contributed by atoms with Gasteiger partial charge in [0.15, 0.2) is 0 Å². The van der Waals surface area contributed by atoms with E-state index in [1.165, 1.54) is 21.9 Å². The summed E-state index contributed by atoms with van der Waals surface area (Å²) >= 11 is 0. The van der Waals surface area contributed by atoms with E-state index in [9.17, 15) is 0 Å². The predicted octanol–water partition coefficient (Wildman–Crippen LogP) is 6.74. The third-order valence-corrected chi connectivity index (χ3v) is 5.42. The predicted molar refractivity (Wildman–Crippen MR) is 121 cm³/mol. The summed E-state index contributed by atoms with van der Waals surface area (Å²) in [6.45, 7) is 6.77. The van der Waals surface area contributed by atoms with Crippen molar-refractivity contribution < 1.29 is 0 Å². The maximum Gasteiger partial charge on any atom is 0.139 e. The van der Waals surface area contributed by atoms with Gasteiger partial charge < -0.3 is 4.98 Å². The standard InChI is InChI=1S/C26H23N3/c1-26(2,3)20-16-19(21-12-8-9-15-27-21)17-10-4-5-11-18(17)24(20)25-28-22-13-6-7-14-23(22)29-25/h4-16H,1-3H3,(H,28,29). The first-order chi connectivity index (χ1) is 14.0. The molecule has 0 fully saturated rings. The molecule has 0 unspecified atom stereocenters. The number of hydrogen-bond donors (Lipinski definition) is 1. The van der Waals surface area contributed by atoms with Crippen molar-refractivity contribution >= 4 is 21.8 Å². The van der Waals surface area contributed by atoms with E-state index in [0.29, 0.717) is 0 Å². The number of fused-ring (bicyclic) bond motifs is 2. The van der Waals surface area contributed by atoms with Crippen molar-refractivity contribution in [2.75, 3.05) is 0 Å². The normalized spacial score (nSPS) is 12.0. The molecule has 29 heavy (non-hydrogen) atoms. The lowest BCUT2D eigenvalue weighted by Crippen LogP contribution is -2.14. The minimum absolute atomic E-state index is 0.0537. The number of aromatic amines is 1. The number of H-pyrrole nitrogens is 1. The summed E-state index contributed by atoms with van der Waals surface area (Å²) in [6, 6.07) is 25.1. The van der Waals surface area contributed by atoms with Crippen LogP contribution in [0.5, 0.6) is 0 Å². The van der Waals surface area contributed by atoms with E-state index in [4.69, 9.17) is 4.98 Å². The summed E-state index contributed by atoms with van der Waals surface area (Å²) in [7, 11) is 0. The van der Waals surface area contributed by atoms with Gasteiger partial charge >= 0.3 is 0 Å². The van der Waals surface area contributed by atoms with E-state index in [2.05, 4.69) is 79.3 Å². The van der Waals surface area contributed by atoms with Crippen molar-refractivity contribution in [1.82, 2.24) is 15.0 Å². The zero-order chi connectivity index (χ0) is 20.0. The smallest absolute Gasteiger partial charge is 0.139 e. The van der Waals surface area contributed by atoms with Gasteiger partial charge in [-0.25, -0.2) is 4.98 Å². The van der Waals surface area contributed by atoms with Crippen molar-refractivity contribution in [1.29, 1.82) is 0 Å². The van der Waals surface area contributed by atoms with Gasteiger partial charge in [0.2, 0.25) is 0 Å². The summed E-state index contributed by atoms with van der Waals surface area (Å²) in [5.41, 5.74) is 6.57. The highest BCUT2D eigenvalue weighted by atomic mass is 14.9. The second-order valence-corrected chi connectivity index (χ2v) is 8.46. The summed E-state index contributed by atoms with van der Waals surface area (Å²) in [4.78, 5) is 13.1. The molecule has 5 rings (SSSR count). The molecule has 0 atom stereocenters. The number of benzene rings is 3. The Morgan fingerprint density at radius 3 is 2.24 bits per heavy atom. The Labute approximate surface area is 170 Å². The minimum atomic E-state index is -0.0537. The number of nitrogens with zero attached hydrogens (tertiary/aromatic N) is 2. The summed E-state index contributed by atoms with van der Waals surface area (Å²) in [5, 5.41) is 2.38. The second-order valence-electron chi connectivity index (χ2n) is 8.46. The molecular weight excluding hydrogens is 354 g/mol. The van der Waals surface area contributed by atoms with Crippen molar-refractivity contribution in [2.45, 2.75) is 26.2 Å². The first kappa shape index (κ1) is 17.6. The number of hydrogen-bond acceptors (Lipinski definition) is 2. The molecule has 142 valence electrons. The van der Waals surface area contributed by atoms with Crippen LogP contribution in [0.1, 0.15) is 26.3 Å². The van der Waals surface area contributed by atoms with Crippen molar-refractivity contribution in [3.05, 3.63) is 84.6 Å². The van der Waals surface area contributed by atoms with Gasteiger partial charge in [0, 0.05) is 17.3 Å². The zero-order valence-corrected chi connectivity index (χ0v) is 16.9. The van der Waals surface area contributed by atoms with Crippen LogP contribution in [0.2, 0.25) is 0 Å². The number of para-hydroxylation sites is 2. The molecule has 0 radical (unpaired) electrons. The van der Waals surface area contributed by atoms with Crippen LogP contribution >= 0.6 is 0 Å². The van der Waals surface area contributed by atoms with Gasteiger partial charge in [0.25, 0.3) is 0 Å². The number of aromatic nitrogens is 3. The highest BCUT2D eigenvalue weighted by Gasteiger charge is 2.25. The number of nitrogens with one attached hydrogen (secondary N) is 1. The Hall–Kier alpha value is -3.46. The Balaban J connectivity index is 1.91. The largest absolute Gasteiger partial charge is 0.338 e. The molecule has 5 aromatic rings. The highest BCUT2D eigenvalue weighted by Crippen LogP contribution is 2.42. The molecule has 3 aromatic carbocycles. The van der Waals surface area contributed by atoms with Gasteiger partial charge in [0.1, 0.15) is 5.82 Å². The number of imidazole rings is 1. The molecule has 0 amide bonds. The summed E-state index contributed by atoms with van der Waals surface area (Å²) < 4.78 is 0. The fraction of sp³-hybridized carbons (Fsp3) is 0.154. The first-order valence-electron chi connectivity index (χ1n) is 9.95. The Morgan fingerprint density at radius 1 is 0.793 bits per heavy atom. The molecule has 0 aliphatic rings. The molecule has 1 N–H and O–H groups in total. The molecular formula is C26H23N3. The van der Waals surface area contributed by atoms with Crippen LogP contribution in [0.4, 0.5) is 0 Å². The van der Waals surface area contributed by atoms with E-state index in [0.717, 1.165) is 28.1 Å². The van der Waals surface area contributed by atoms with E-state index in [-0.39, 0.29) is 5.41 Å². The monoisotopic (exact) mass is 377 g/mol. The van der Waals surface area contributed by atoms with E-state index in [1.807, 2.05) is 30.5 Å². The van der Waals surface area contributed by atoms with E-state index < -0.39 is 0 Å². The van der Waals surface area contributed by atoms with Gasteiger partial charge in [0.05, 0.1) is 16.7 Å². The van der Waals surface area contributed by atoms with Gasteiger partial charge in [-0.05, 0) is 52.1 Å². The molecule has 0 spiro atoms. The van der Waals surface area contributed by atoms with Gasteiger partial charge in [-0.3, -0.25) is 4.98 Å². The van der Waals surface area contributed by atoms with Crippen LogP contribution < -0.4 is 0 Å². The van der Waals surface area contributed by atoms with Crippen molar-refractivity contribution in [3.63, 3.8) is 0 Å². The first-order valence-corrected chi connectivity index (χ1v) is 9.95. The van der Waals surface area contributed by atoms with Gasteiger partial charge in [-0.15, -0.1) is 0 Å². The van der Waals surface area contributed by atoms with E-state index >= 15 is 0 Å². The maximum atomic E-state index is 4.94. The Kier molecular flexibility index (Phi) is 3.99. The van der Waals surface area contributed by atoms with Crippen molar-refractivity contribution in [2.24, 2.45) is 0 Å². The van der Waals surface area contributed by atoms with Crippen LogP contribution in [0.15, 0.2) is 79.0 Å². The molecule has 2 aromatic heterocycles. The van der Waals surface area contributed by atoms with Crippen LogP contribution in [0, 0.1) is 0 Å². The minimum Gasteiger partial charge on any atom is -0.338 e. The molecule has 2 heterocycles. The molecule has 0 bridgehead atoms. The van der Waals surface area contributed by atoms with Gasteiger partial charge in [-0.2, -0.15) is 0 Å². The molecule has 0 saturated heterocycles. The fourth-order valence-corrected chi connectivity index (χ4v) is 4.03. The van der Waals surface area contributed by atoms with Gasteiger partial charge in [-0.1, -0.05) is 63.2 Å². The lowest BCUT2D eigenvalue weighted by molar-refractivity contribution is 0.592. The molecule has 3 nitrogen and oxygen atoms in total. The van der Waals surface area contributed by atoms with Crippen LogP contribution in [0.25, 0.3) is 44.5 Å². The average Bonchev–Trinajstić information content (AvgIpc) is 3.16. The van der Waals surface area contributed by atoms with Crippen molar-refractivity contribution in [3.8, 4) is 22.6 Å². The quantitative estimate of drug-likeness (QED) is 0.370. The third kappa shape index (κ3) is 2.99. The van der Waals surface area contributed by atoms with E-state index in [1.54, 1.807) is 0 Å². The number of pyridine rings is 1. The SMILES string of the molecule is CC(C)(C)c1cc(-c2ccccn2)c2ccccc2c1-c1nc2ccccc2[nH]1. The Morgan fingerprint density at radius 2 is 1.52 bits per heavy atom. The van der Waals surface area contributed by atoms with Crippen LogP contribution in [-0.2, 0) is 5.41 Å². The van der Waals surface area contributed by atoms with Crippen LogP contribution in [0.3, 0.4) is 0 Å². The fourth-order valence-electron chi connectivity index (χ4n) is 4.03. The molecule has 3 heteroatoms. The van der Waals surface area contributed by atoms with Crippen LogP contribution in [-0.4, -0.2) is 15.0 Å². The molecule has 0 saturated carbocycles. The summed E-state index contributed by atoms with van der Waals surface area (Å²) in [6.07, 6.45) is 1.86. The zero-order valence-electron chi connectivity index (χ0n) is 16.9. The Bertz CT molecular complexity index is 1290. The molecule has 0 aliphatic carbocycles. The maximum absolute atomic E-state index is 4.94. The highest BCUT2D eigenvalue weighted by molar-refractivity contribution is 6.05. The topological polar surface area (TPSA) is 41.6 Å². The lowest BCUT2D eigenvalue weighted by Gasteiger charge is -2.25. The lowest BCUT2D eigenvalue weighted by atomic mass is 9.79.